The number of phenolic OH excluding ortho intramolecular Hbond substituents is 1. The van der Waals surface area contributed by atoms with Crippen molar-refractivity contribution in [2.24, 2.45) is 17.3 Å². The van der Waals surface area contributed by atoms with Crippen LogP contribution >= 0.6 is 11.6 Å². The molecule has 0 bridgehead atoms. The first-order valence-electron chi connectivity index (χ1n) is 8.14. The SMILES string of the molecule is C[C@]12CC[C@@H]3c4ccc(O)cc4CC[C@H]3[C@@H]1C(Cl)CC2O. The van der Waals surface area contributed by atoms with Gasteiger partial charge in [0, 0.05) is 5.38 Å². The molecule has 1 aromatic carbocycles. The fourth-order valence-corrected chi connectivity index (χ4v) is 6.19. The van der Waals surface area contributed by atoms with Crippen LogP contribution in [0.2, 0.25) is 0 Å². The van der Waals surface area contributed by atoms with Gasteiger partial charge in [-0.3, -0.25) is 0 Å². The highest BCUT2D eigenvalue weighted by Gasteiger charge is 2.58. The number of hydrogen-bond acceptors (Lipinski definition) is 2. The van der Waals surface area contributed by atoms with Crippen LogP contribution in [-0.4, -0.2) is 21.7 Å². The van der Waals surface area contributed by atoms with Crippen molar-refractivity contribution in [3.8, 4) is 5.75 Å². The highest BCUT2D eigenvalue weighted by Crippen LogP contribution is 2.62. The highest BCUT2D eigenvalue weighted by molar-refractivity contribution is 6.21. The van der Waals surface area contributed by atoms with Crippen molar-refractivity contribution < 1.29 is 10.2 Å². The maximum atomic E-state index is 10.5. The van der Waals surface area contributed by atoms with Gasteiger partial charge < -0.3 is 10.2 Å². The van der Waals surface area contributed by atoms with Crippen LogP contribution < -0.4 is 0 Å². The molecule has 1 aromatic rings. The maximum Gasteiger partial charge on any atom is 0.115 e. The van der Waals surface area contributed by atoms with Crippen molar-refractivity contribution >= 4 is 11.6 Å². The third-order valence-corrected chi connectivity index (χ3v) is 7.06. The zero-order valence-corrected chi connectivity index (χ0v) is 13.2. The van der Waals surface area contributed by atoms with Crippen LogP contribution in [0.4, 0.5) is 0 Å². The lowest BCUT2D eigenvalue weighted by Crippen LogP contribution is -2.45. The molecule has 6 atom stereocenters. The molecular weight excluding hydrogens is 284 g/mol. The summed E-state index contributed by atoms with van der Waals surface area (Å²) in [6.45, 7) is 2.24. The lowest BCUT2D eigenvalue weighted by Gasteiger charge is -2.50. The van der Waals surface area contributed by atoms with Crippen molar-refractivity contribution in [1.29, 1.82) is 0 Å². The molecule has 3 heteroatoms. The van der Waals surface area contributed by atoms with Crippen LogP contribution in [0.3, 0.4) is 0 Å². The third kappa shape index (κ3) is 1.88. The largest absolute Gasteiger partial charge is 0.508 e. The molecule has 0 spiro atoms. The van der Waals surface area contributed by atoms with E-state index in [9.17, 15) is 10.2 Å². The Kier molecular flexibility index (Phi) is 3.07. The molecule has 0 radical (unpaired) electrons. The molecule has 3 aliphatic rings. The molecule has 4 rings (SSSR count). The Hall–Kier alpha value is -0.730. The number of alkyl halides is 1. The molecule has 3 aliphatic carbocycles. The number of aliphatic hydroxyl groups is 1. The Labute approximate surface area is 131 Å². The average molecular weight is 307 g/mol. The highest BCUT2D eigenvalue weighted by atomic mass is 35.5. The average Bonchev–Trinajstić information content (AvgIpc) is 2.68. The third-order valence-electron chi connectivity index (χ3n) is 6.61. The number of aryl methyl sites for hydroxylation is 1. The number of aromatic hydroxyl groups is 1. The van der Waals surface area contributed by atoms with E-state index in [1.54, 1.807) is 0 Å². The second kappa shape index (κ2) is 4.63. The zero-order chi connectivity index (χ0) is 14.8. The number of halogens is 1. The van der Waals surface area contributed by atoms with Crippen LogP contribution in [0.15, 0.2) is 18.2 Å². The second-order valence-electron chi connectivity index (χ2n) is 7.53. The van der Waals surface area contributed by atoms with E-state index in [1.807, 2.05) is 12.1 Å². The molecule has 0 aliphatic heterocycles. The van der Waals surface area contributed by atoms with Gasteiger partial charge in [0.05, 0.1) is 6.10 Å². The fraction of sp³-hybridized carbons (Fsp3) is 0.667. The minimum absolute atomic E-state index is 0.00199. The van der Waals surface area contributed by atoms with E-state index in [2.05, 4.69) is 13.0 Å². The first-order chi connectivity index (χ1) is 10.0. The van der Waals surface area contributed by atoms with Gasteiger partial charge in [-0.15, -0.1) is 11.6 Å². The fourth-order valence-electron chi connectivity index (χ4n) is 5.55. The van der Waals surface area contributed by atoms with E-state index in [0.717, 1.165) is 32.1 Å². The smallest absolute Gasteiger partial charge is 0.115 e. The van der Waals surface area contributed by atoms with Crippen molar-refractivity contribution in [3.05, 3.63) is 29.3 Å². The molecule has 0 amide bonds. The number of benzene rings is 1. The maximum absolute atomic E-state index is 10.5. The molecule has 21 heavy (non-hydrogen) atoms. The van der Waals surface area contributed by atoms with Crippen LogP contribution in [0.5, 0.6) is 5.75 Å². The Morgan fingerprint density at radius 1 is 1.29 bits per heavy atom. The summed E-state index contributed by atoms with van der Waals surface area (Å²) in [5, 5.41) is 20.3. The van der Waals surface area contributed by atoms with Gasteiger partial charge in [0.15, 0.2) is 0 Å². The normalized spacial score (nSPS) is 44.8. The number of hydrogen-bond donors (Lipinski definition) is 2. The van der Waals surface area contributed by atoms with Crippen LogP contribution in [0.1, 0.15) is 49.7 Å². The van der Waals surface area contributed by atoms with Gasteiger partial charge >= 0.3 is 0 Å². The molecule has 0 saturated heterocycles. The van der Waals surface area contributed by atoms with Crippen LogP contribution in [-0.2, 0) is 6.42 Å². The predicted molar refractivity (Wildman–Crippen MR) is 83.8 cm³/mol. The molecular formula is C18H23ClO2. The first kappa shape index (κ1) is 13.9. The summed E-state index contributed by atoms with van der Waals surface area (Å²) >= 11 is 6.64. The first-order valence-corrected chi connectivity index (χ1v) is 8.58. The monoisotopic (exact) mass is 306 g/mol. The van der Waals surface area contributed by atoms with E-state index < -0.39 is 0 Å². The minimum Gasteiger partial charge on any atom is -0.508 e. The van der Waals surface area contributed by atoms with E-state index in [4.69, 9.17) is 11.6 Å². The van der Waals surface area contributed by atoms with Gasteiger partial charge in [-0.1, -0.05) is 13.0 Å². The lowest BCUT2D eigenvalue weighted by atomic mass is 9.55. The Morgan fingerprint density at radius 2 is 2.10 bits per heavy atom. The van der Waals surface area contributed by atoms with Crippen LogP contribution in [0, 0.1) is 17.3 Å². The molecule has 2 nitrogen and oxygen atoms in total. The summed E-state index contributed by atoms with van der Waals surface area (Å²) in [5.41, 5.74) is 2.73. The Balaban J connectivity index is 1.73. The molecule has 2 N–H and O–H groups in total. The van der Waals surface area contributed by atoms with E-state index in [-0.39, 0.29) is 16.9 Å². The van der Waals surface area contributed by atoms with Crippen molar-refractivity contribution in [2.45, 2.75) is 56.4 Å². The van der Waals surface area contributed by atoms with E-state index in [0.29, 0.717) is 23.5 Å². The molecule has 0 heterocycles. The van der Waals surface area contributed by atoms with Gasteiger partial charge in [-0.25, -0.2) is 0 Å². The van der Waals surface area contributed by atoms with Crippen molar-refractivity contribution in [3.63, 3.8) is 0 Å². The quantitative estimate of drug-likeness (QED) is 0.715. The van der Waals surface area contributed by atoms with Crippen molar-refractivity contribution in [2.75, 3.05) is 0 Å². The Morgan fingerprint density at radius 3 is 2.90 bits per heavy atom. The van der Waals surface area contributed by atoms with Crippen molar-refractivity contribution in [1.82, 2.24) is 0 Å². The second-order valence-corrected chi connectivity index (χ2v) is 8.09. The molecule has 2 saturated carbocycles. The topological polar surface area (TPSA) is 40.5 Å². The van der Waals surface area contributed by atoms with Gasteiger partial charge in [-0.05, 0) is 78.5 Å². The van der Waals surface area contributed by atoms with Gasteiger partial charge in [0.1, 0.15) is 5.75 Å². The van der Waals surface area contributed by atoms with Gasteiger partial charge in [0.2, 0.25) is 0 Å². The number of fused-ring (bicyclic) bond motifs is 5. The standard InChI is InChI=1S/C18H23ClO2/c1-18-7-6-13-12-5-3-11(20)8-10(12)2-4-14(13)17(18)15(19)9-16(18)21/h3,5,8,13-17,20-21H,2,4,6-7,9H2,1H3/t13-,14-,15?,16?,17-,18-/m1/s1. The summed E-state index contributed by atoms with van der Waals surface area (Å²) in [6, 6.07) is 5.86. The summed E-state index contributed by atoms with van der Waals surface area (Å²) in [4.78, 5) is 0. The molecule has 2 fully saturated rings. The lowest BCUT2D eigenvalue weighted by molar-refractivity contribution is -0.0221. The summed E-state index contributed by atoms with van der Waals surface area (Å²) in [6.07, 6.45) is 4.86. The zero-order valence-electron chi connectivity index (χ0n) is 12.4. The van der Waals surface area contributed by atoms with Gasteiger partial charge in [0.25, 0.3) is 0 Å². The summed E-state index contributed by atoms with van der Waals surface area (Å²) in [5.74, 6) is 1.94. The molecule has 0 aromatic heterocycles. The number of rotatable bonds is 0. The van der Waals surface area contributed by atoms with E-state index >= 15 is 0 Å². The molecule has 2 unspecified atom stereocenters. The van der Waals surface area contributed by atoms with E-state index in [1.165, 1.54) is 11.1 Å². The number of phenols is 1. The van der Waals surface area contributed by atoms with Crippen LogP contribution in [0.25, 0.3) is 0 Å². The molecule has 114 valence electrons. The number of aliphatic hydroxyl groups excluding tert-OH is 1. The summed E-state index contributed by atoms with van der Waals surface area (Å²) < 4.78 is 0. The summed E-state index contributed by atoms with van der Waals surface area (Å²) in [7, 11) is 0. The Bertz CT molecular complexity index is 572. The van der Waals surface area contributed by atoms with Gasteiger partial charge in [-0.2, -0.15) is 0 Å². The minimum atomic E-state index is -0.243. The predicted octanol–water partition coefficient (Wildman–Crippen LogP) is 3.83.